The van der Waals surface area contributed by atoms with Crippen LogP contribution in [0, 0.1) is 0 Å². The van der Waals surface area contributed by atoms with Gasteiger partial charge in [0.25, 0.3) is 0 Å². The largest absolute Gasteiger partial charge is 0.338 e. The fraction of sp³-hybridized carbons (Fsp3) is 0.727. The van der Waals surface area contributed by atoms with Crippen LogP contribution < -0.4 is 5.32 Å². The molecule has 0 unspecified atom stereocenters. The zero-order valence-electron chi connectivity index (χ0n) is 9.29. The van der Waals surface area contributed by atoms with Crippen molar-refractivity contribution in [1.82, 2.24) is 14.9 Å². The summed E-state index contributed by atoms with van der Waals surface area (Å²) in [6, 6.07) is 0. The summed E-state index contributed by atoms with van der Waals surface area (Å²) in [4.78, 5) is 4.28. The van der Waals surface area contributed by atoms with Crippen molar-refractivity contribution < 1.29 is 0 Å². The van der Waals surface area contributed by atoms with E-state index in [0.29, 0.717) is 0 Å². The SMILES string of the molecule is CCCCNCCCc1nccn1C. The molecule has 1 aromatic rings. The first-order valence-electron chi connectivity index (χ1n) is 5.51. The maximum atomic E-state index is 4.28. The van der Waals surface area contributed by atoms with E-state index >= 15 is 0 Å². The predicted molar refractivity (Wildman–Crippen MR) is 59.3 cm³/mol. The summed E-state index contributed by atoms with van der Waals surface area (Å²) >= 11 is 0. The van der Waals surface area contributed by atoms with Gasteiger partial charge in [-0.3, -0.25) is 0 Å². The average Bonchev–Trinajstić information content (AvgIpc) is 2.58. The van der Waals surface area contributed by atoms with Crippen LogP contribution in [0.1, 0.15) is 32.0 Å². The molecule has 0 aliphatic carbocycles. The Morgan fingerprint density at radius 2 is 2.14 bits per heavy atom. The van der Waals surface area contributed by atoms with Crippen LogP contribution in [0.5, 0.6) is 0 Å². The van der Waals surface area contributed by atoms with E-state index < -0.39 is 0 Å². The lowest BCUT2D eigenvalue weighted by Crippen LogP contribution is -2.17. The molecule has 0 amide bonds. The van der Waals surface area contributed by atoms with Crippen molar-refractivity contribution in [3.63, 3.8) is 0 Å². The zero-order chi connectivity index (χ0) is 10.2. The molecule has 0 spiro atoms. The summed E-state index contributed by atoms with van der Waals surface area (Å²) in [7, 11) is 2.05. The normalized spacial score (nSPS) is 10.7. The van der Waals surface area contributed by atoms with E-state index in [2.05, 4.69) is 21.8 Å². The highest BCUT2D eigenvalue weighted by Gasteiger charge is 1.97. The van der Waals surface area contributed by atoms with Crippen LogP contribution in [0.2, 0.25) is 0 Å². The van der Waals surface area contributed by atoms with Crippen molar-refractivity contribution in [3.8, 4) is 0 Å². The lowest BCUT2D eigenvalue weighted by Gasteiger charge is -2.03. The Balaban J connectivity index is 2.02. The Morgan fingerprint density at radius 3 is 2.79 bits per heavy atom. The molecular formula is C11H21N3. The van der Waals surface area contributed by atoms with E-state index in [9.17, 15) is 0 Å². The van der Waals surface area contributed by atoms with Gasteiger partial charge in [0.1, 0.15) is 5.82 Å². The predicted octanol–water partition coefficient (Wildman–Crippen LogP) is 1.74. The highest BCUT2D eigenvalue weighted by atomic mass is 15.0. The maximum Gasteiger partial charge on any atom is 0.108 e. The van der Waals surface area contributed by atoms with Crippen molar-refractivity contribution in [2.24, 2.45) is 7.05 Å². The first-order valence-corrected chi connectivity index (χ1v) is 5.51. The summed E-state index contributed by atoms with van der Waals surface area (Å²) in [6.07, 6.45) is 8.66. The Kier molecular flexibility index (Phi) is 5.30. The van der Waals surface area contributed by atoms with Crippen molar-refractivity contribution in [2.45, 2.75) is 32.6 Å². The number of nitrogens with one attached hydrogen (secondary N) is 1. The third-order valence-corrected chi connectivity index (χ3v) is 2.38. The number of rotatable bonds is 7. The minimum absolute atomic E-state index is 1.07. The summed E-state index contributed by atoms with van der Waals surface area (Å²) in [5.41, 5.74) is 0. The van der Waals surface area contributed by atoms with Gasteiger partial charge in [0.15, 0.2) is 0 Å². The second-order valence-corrected chi connectivity index (χ2v) is 3.66. The molecule has 3 nitrogen and oxygen atoms in total. The minimum Gasteiger partial charge on any atom is -0.338 e. The quantitative estimate of drug-likeness (QED) is 0.672. The average molecular weight is 195 g/mol. The van der Waals surface area contributed by atoms with Gasteiger partial charge in [-0.05, 0) is 25.9 Å². The first kappa shape index (κ1) is 11.2. The maximum absolute atomic E-state index is 4.28. The Bertz CT molecular complexity index is 242. The van der Waals surface area contributed by atoms with Crippen LogP contribution in [0.25, 0.3) is 0 Å². The third kappa shape index (κ3) is 3.92. The van der Waals surface area contributed by atoms with Gasteiger partial charge in [-0.15, -0.1) is 0 Å². The fourth-order valence-electron chi connectivity index (χ4n) is 1.44. The Hall–Kier alpha value is -0.830. The molecule has 14 heavy (non-hydrogen) atoms. The van der Waals surface area contributed by atoms with Crippen LogP contribution >= 0.6 is 0 Å². The van der Waals surface area contributed by atoms with E-state index in [0.717, 1.165) is 19.5 Å². The number of unbranched alkanes of at least 4 members (excludes halogenated alkanes) is 1. The zero-order valence-corrected chi connectivity index (χ0v) is 9.29. The molecule has 0 atom stereocenters. The van der Waals surface area contributed by atoms with E-state index in [4.69, 9.17) is 0 Å². The van der Waals surface area contributed by atoms with Gasteiger partial charge in [0, 0.05) is 25.9 Å². The van der Waals surface area contributed by atoms with Gasteiger partial charge in [-0.2, -0.15) is 0 Å². The Labute approximate surface area is 86.5 Å². The molecule has 0 aliphatic heterocycles. The van der Waals surface area contributed by atoms with Crippen molar-refractivity contribution in [2.75, 3.05) is 13.1 Å². The molecule has 1 aromatic heterocycles. The highest BCUT2D eigenvalue weighted by molar-refractivity contribution is 4.90. The van der Waals surface area contributed by atoms with Gasteiger partial charge in [0.2, 0.25) is 0 Å². The topological polar surface area (TPSA) is 29.9 Å². The van der Waals surface area contributed by atoms with Crippen molar-refractivity contribution in [3.05, 3.63) is 18.2 Å². The molecule has 0 saturated carbocycles. The third-order valence-electron chi connectivity index (χ3n) is 2.38. The second-order valence-electron chi connectivity index (χ2n) is 3.66. The van der Waals surface area contributed by atoms with Gasteiger partial charge in [-0.25, -0.2) is 4.98 Å². The molecular weight excluding hydrogens is 174 g/mol. The standard InChI is InChI=1S/C11H21N3/c1-3-4-7-12-8-5-6-11-13-9-10-14(11)2/h9-10,12H,3-8H2,1-2H3. The molecule has 1 heterocycles. The van der Waals surface area contributed by atoms with Gasteiger partial charge in [0.05, 0.1) is 0 Å². The summed E-state index contributed by atoms with van der Waals surface area (Å²) in [5, 5.41) is 3.43. The molecule has 80 valence electrons. The first-order chi connectivity index (χ1) is 6.84. The fourth-order valence-corrected chi connectivity index (χ4v) is 1.44. The summed E-state index contributed by atoms with van der Waals surface area (Å²) in [6.45, 7) is 4.47. The molecule has 0 bridgehead atoms. The molecule has 0 fully saturated rings. The Morgan fingerprint density at radius 1 is 1.36 bits per heavy atom. The van der Waals surface area contributed by atoms with Gasteiger partial charge >= 0.3 is 0 Å². The van der Waals surface area contributed by atoms with Crippen LogP contribution in [0.15, 0.2) is 12.4 Å². The molecule has 0 aliphatic rings. The summed E-state index contributed by atoms with van der Waals surface area (Å²) < 4.78 is 2.09. The lowest BCUT2D eigenvalue weighted by molar-refractivity contribution is 0.604. The van der Waals surface area contributed by atoms with Crippen LogP contribution in [0.4, 0.5) is 0 Å². The summed E-state index contributed by atoms with van der Waals surface area (Å²) in [5.74, 6) is 1.18. The molecule has 3 heteroatoms. The van der Waals surface area contributed by atoms with Crippen LogP contribution in [0.3, 0.4) is 0 Å². The van der Waals surface area contributed by atoms with Gasteiger partial charge in [-0.1, -0.05) is 13.3 Å². The minimum atomic E-state index is 1.07. The number of imidazole rings is 1. The second kappa shape index (κ2) is 6.60. The van der Waals surface area contributed by atoms with E-state index in [1.54, 1.807) is 0 Å². The van der Waals surface area contributed by atoms with E-state index in [1.807, 2.05) is 19.4 Å². The molecule has 0 aromatic carbocycles. The monoisotopic (exact) mass is 195 g/mol. The lowest BCUT2D eigenvalue weighted by atomic mass is 10.3. The molecule has 1 rings (SSSR count). The van der Waals surface area contributed by atoms with Crippen molar-refractivity contribution in [1.29, 1.82) is 0 Å². The van der Waals surface area contributed by atoms with E-state index in [-0.39, 0.29) is 0 Å². The van der Waals surface area contributed by atoms with Crippen LogP contribution in [-0.4, -0.2) is 22.6 Å². The smallest absolute Gasteiger partial charge is 0.108 e. The number of hydrogen-bond donors (Lipinski definition) is 1. The molecule has 0 saturated heterocycles. The number of nitrogens with zero attached hydrogens (tertiary/aromatic N) is 2. The highest BCUT2D eigenvalue weighted by Crippen LogP contribution is 1.97. The molecule has 0 radical (unpaired) electrons. The van der Waals surface area contributed by atoms with Crippen molar-refractivity contribution >= 4 is 0 Å². The van der Waals surface area contributed by atoms with Crippen LogP contribution in [-0.2, 0) is 13.5 Å². The number of aromatic nitrogens is 2. The number of hydrogen-bond acceptors (Lipinski definition) is 2. The molecule has 1 N–H and O–H groups in total. The number of aryl methyl sites for hydroxylation is 2. The van der Waals surface area contributed by atoms with E-state index in [1.165, 1.54) is 25.1 Å². The van der Waals surface area contributed by atoms with Gasteiger partial charge < -0.3 is 9.88 Å².